The van der Waals surface area contributed by atoms with Gasteiger partial charge in [-0.1, -0.05) is 48.6 Å². The Morgan fingerprint density at radius 2 is 1.42 bits per heavy atom. The normalized spacial score (nSPS) is 26.3. The van der Waals surface area contributed by atoms with Crippen molar-refractivity contribution in [3.8, 4) is 11.1 Å². The lowest BCUT2D eigenvalue weighted by atomic mass is 9.79. The van der Waals surface area contributed by atoms with Gasteiger partial charge in [0, 0.05) is 0 Å². The first-order valence-corrected chi connectivity index (χ1v) is 8.66. The monoisotopic (exact) mass is 346 g/mol. The molecule has 0 unspecified atom stereocenters. The Morgan fingerprint density at radius 1 is 0.654 bits per heavy atom. The van der Waals surface area contributed by atoms with Gasteiger partial charge in [-0.15, -0.1) is 0 Å². The SMILES string of the molecule is O[C@H]1C=Cc2c(ccc3cc4c(cc23)[C@H](O)[C@@H](O)c2ccccc2-4)[C@@H]1O. The van der Waals surface area contributed by atoms with Crippen molar-refractivity contribution in [3.63, 3.8) is 0 Å². The summed E-state index contributed by atoms with van der Waals surface area (Å²) in [5.41, 5.74) is 4.73. The highest BCUT2D eigenvalue weighted by Crippen LogP contribution is 2.46. The van der Waals surface area contributed by atoms with Crippen molar-refractivity contribution in [2.75, 3.05) is 0 Å². The molecule has 4 N–H and O–H groups in total. The second kappa shape index (κ2) is 5.50. The fourth-order valence-electron chi connectivity index (χ4n) is 4.18. The maximum absolute atomic E-state index is 10.7. The van der Waals surface area contributed by atoms with Crippen LogP contribution in [0.4, 0.5) is 0 Å². The van der Waals surface area contributed by atoms with E-state index < -0.39 is 24.4 Å². The zero-order chi connectivity index (χ0) is 18.0. The number of rotatable bonds is 0. The predicted octanol–water partition coefficient (Wildman–Crippen LogP) is 3.01. The second-order valence-corrected chi connectivity index (χ2v) is 7.00. The first kappa shape index (κ1) is 15.7. The van der Waals surface area contributed by atoms with Gasteiger partial charge in [-0.25, -0.2) is 0 Å². The quantitative estimate of drug-likeness (QED) is 0.504. The van der Waals surface area contributed by atoms with Gasteiger partial charge in [0.1, 0.15) is 24.4 Å². The number of hydrogen-bond donors (Lipinski definition) is 4. The molecular formula is C22H18O4. The van der Waals surface area contributed by atoms with Gasteiger partial charge in [0.25, 0.3) is 0 Å². The zero-order valence-electron chi connectivity index (χ0n) is 13.9. The molecule has 4 atom stereocenters. The summed E-state index contributed by atoms with van der Waals surface area (Å²) in [6.45, 7) is 0. The van der Waals surface area contributed by atoms with E-state index in [-0.39, 0.29) is 0 Å². The fraction of sp³-hybridized carbons (Fsp3) is 0.182. The molecule has 3 aromatic rings. The molecule has 0 heterocycles. The molecule has 2 aliphatic rings. The van der Waals surface area contributed by atoms with Crippen molar-refractivity contribution < 1.29 is 20.4 Å². The fourth-order valence-corrected chi connectivity index (χ4v) is 4.18. The van der Waals surface area contributed by atoms with Crippen molar-refractivity contribution in [2.45, 2.75) is 24.4 Å². The minimum absolute atomic E-state index is 0.665. The molecule has 2 aliphatic carbocycles. The number of benzene rings is 3. The van der Waals surface area contributed by atoms with Crippen LogP contribution in [0.25, 0.3) is 28.0 Å². The van der Waals surface area contributed by atoms with Gasteiger partial charge in [-0.2, -0.15) is 0 Å². The number of aliphatic hydroxyl groups excluding tert-OH is 4. The van der Waals surface area contributed by atoms with E-state index in [2.05, 4.69) is 0 Å². The van der Waals surface area contributed by atoms with Crippen LogP contribution in [0.5, 0.6) is 0 Å². The summed E-state index contributed by atoms with van der Waals surface area (Å²) < 4.78 is 0. The summed E-state index contributed by atoms with van der Waals surface area (Å²) in [5.74, 6) is 0. The minimum atomic E-state index is -1.01. The molecule has 0 radical (unpaired) electrons. The van der Waals surface area contributed by atoms with Crippen LogP contribution in [0.1, 0.15) is 40.6 Å². The van der Waals surface area contributed by atoms with Crippen LogP contribution in [-0.4, -0.2) is 26.5 Å². The van der Waals surface area contributed by atoms with Crippen LogP contribution in [0, 0.1) is 0 Å². The van der Waals surface area contributed by atoms with Gasteiger partial charge < -0.3 is 20.4 Å². The average molecular weight is 346 g/mol. The summed E-state index contributed by atoms with van der Waals surface area (Å²) in [7, 11) is 0. The maximum Gasteiger partial charge on any atom is 0.110 e. The summed E-state index contributed by atoms with van der Waals surface area (Å²) >= 11 is 0. The molecule has 0 amide bonds. The third-order valence-electron chi connectivity index (χ3n) is 5.55. The molecule has 4 nitrogen and oxygen atoms in total. The van der Waals surface area contributed by atoms with E-state index in [9.17, 15) is 20.4 Å². The van der Waals surface area contributed by atoms with Gasteiger partial charge >= 0.3 is 0 Å². The molecule has 0 saturated heterocycles. The molecule has 3 aromatic carbocycles. The van der Waals surface area contributed by atoms with Crippen molar-refractivity contribution in [3.05, 3.63) is 76.9 Å². The third-order valence-corrected chi connectivity index (χ3v) is 5.55. The van der Waals surface area contributed by atoms with Crippen LogP contribution in [0.2, 0.25) is 0 Å². The molecule has 0 spiro atoms. The lowest BCUT2D eigenvalue weighted by Gasteiger charge is -2.30. The molecule has 0 bridgehead atoms. The van der Waals surface area contributed by atoms with Crippen LogP contribution in [-0.2, 0) is 0 Å². The van der Waals surface area contributed by atoms with E-state index in [1.165, 1.54) is 0 Å². The molecule has 26 heavy (non-hydrogen) atoms. The van der Waals surface area contributed by atoms with Gasteiger partial charge in [-0.05, 0) is 56.3 Å². The van der Waals surface area contributed by atoms with Crippen molar-refractivity contribution in [1.29, 1.82) is 0 Å². The average Bonchev–Trinajstić information content (AvgIpc) is 2.67. The predicted molar refractivity (Wildman–Crippen MR) is 99.3 cm³/mol. The van der Waals surface area contributed by atoms with E-state index in [0.29, 0.717) is 11.1 Å². The highest BCUT2D eigenvalue weighted by Gasteiger charge is 2.32. The van der Waals surface area contributed by atoms with E-state index >= 15 is 0 Å². The minimum Gasteiger partial charge on any atom is -0.386 e. The molecule has 0 aliphatic heterocycles. The van der Waals surface area contributed by atoms with Gasteiger partial charge in [0.15, 0.2) is 0 Å². The molecule has 0 saturated carbocycles. The van der Waals surface area contributed by atoms with Crippen molar-refractivity contribution >= 4 is 16.8 Å². The number of hydrogen-bond acceptors (Lipinski definition) is 4. The zero-order valence-corrected chi connectivity index (χ0v) is 13.9. The summed E-state index contributed by atoms with van der Waals surface area (Å²) in [6.07, 6.45) is -0.488. The Bertz CT molecular complexity index is 1070. The van der Waals surface area contributed by atoms with E-state index in [1.807, 2.05) is 48.5 Å². The Balaban J connectivity index is 1.82. The Labute approximate surface area is 150 Å². The number of fused-ring (bicyclic) bond motifs is 6. The second-order valence-electron chi connectivity index (χ2n) is 7.00. The topological polar surface area (TPSA) is 80.9 Å². The molecular weight excluding hydrogens is 328 g/mol. The standard InChI is InChI=1S/C22H18O4/c23-19-8-7-13-15(20(19)24)6-5-11-9-17-12-3-1-2-4-14(12)21(25)22(26)18(17)10-16(11)13/h1-10,19-26H/t19-,20-,21-,22-/m0/s1. The molecule has 0 fully saturated rings. The van der Waals surface area contributed by atoms with Gasteiger partial charge in [0.05, 0.1) is 0 Å². The van der Waals surface area contributed by atoms with Crippen molar-refractivity contribution in [2.24, 2.45) is 0 Å². The lowest BCUT2D eigenvalue weighted by molar-refractivity contribution is 0.0159. The molecule has 130 valence electrons. The molecule has 5 rings (SSSR count). The highest BCUT2D eigenvalue weighted by molar-refractivity contribution is 5.97. The lowest BCUT2D eigenvalue weighted by Crippen LogP contribution is -2.20. The summed E-state index contributed by atoms with van der Waals surface area (Å²) in [6, 6.07) is 15.2. The third kappa shape index (κ3) is 2.04. The summed E-state index contributed by atoms with van der Waals surface area (Å²) in [5, 5.41) is 43.2. The Morgan fingerprint density at radius 3 is 2.27 bits per heavy atom. The summed E-state index contributed by atoms with van der Waals surface area (Å²) in [4.78, 5) is 0. The Kier molecular flexibility index (Phi) is 3.33. The maximum atomic E-state index is 10.7. The van der Waals surface area contributed by atoms with Gasteiger partial charge in [0.2, 0.25) is 0 Å². The van der Waals surface area contributed by atoms with Gasteiger partial charge in [-0.3, -0.25) is 0 Å². The molecule has 4 heteroatoms. The van der Waals surface area contributed by atoms with Crippen molar-refractivity contribution in [1.82, 2.24) is 0 Å². The first-order valence-electron chi connectivity index (χ1n) is 8.66. The van der Waals surface area contributed by atoms with Crippen LogP contribution < -0.4 is 0 Å². The Hall–Kier alpha value is -2.50. The van der Waals surface area contributed by atoms with Crippen LogP contribution >= 0.6 is 0 Å². The van der Waals surface area contributed by atoms with Crippen LogP contribution in [0.15, 0.2) is 54.6 Å². The smallest absolute Gasteiger partial charge is 0.110 e. The van der Waals surface area contributed by atoms with E-state index in [0.717, 1.165) is 33.0 Å². The highest BCUT2D eigenvalue weighted by atomic mass is 16.3. The first-order chi connectivity index (χ1) is 12.6. The number of aliphatic hydroxyl groups is 4. The van der Waals surface area contributed by atoms with E-state index in [1.54, 1.807) is 12.2 Å². The van der Waals surface area contributed by atoms with Crippen LogP contribution in [0.3, 0.4) is 0 Å². The van der Waals surface area contributed by atoms with E-state index in [4.69, 9.17) is 0 Å². The largest absolute Gasteiger partial charge is 0.386 e. The molecule has 0 aromatic heterocycles.